The topological polar surface area (TPSA) is 50.4 Å². The Bertz CT molecular complexity index is 617. The highest BCUT2D eigenvalue weighted by atomic mass is 19.1. The number of hydrogen-bond acceptors (Lipinski definition) is 2. The van der Waals surface area contributed by atoms with Crippen molar-refractivity contribution in [1.29, 1.82) is 0 Å². The highest BCUT2D eigenvalue weighted by molar-refractivity contribution is 6.09. The third-order valence-corrected chi connectivity index (χ3v) is 3.12. The van der Waals surface area contributed by atoms with Crippen molar-refractivity contribution in [1.82, 2.24) is 5.43 Å². The number of amidine groups is 1. The fourth-order valence-electron chi connectivity index (χ4n) is 2.04. The molecule has 3 N–H and O–H groups in total. The second-order valence-corrected chi connectivity index (χ2v) is 4.49. The van der Waals surface area contributed by atoms with Gasteiger partial charge in [0, 0.05) is 10.9 Å². The molecule has 2 aromatic carbocycles. The molecule has 0 amide bonds. The lowest BCUT2D eigenvalue weighted by atomic mass is 10.0. The van der Waals surface area contributed by atoms with Gasteiger partial charge in [-0.15, -0.1) is 0 Å². The quantitative estimate of drug-likeness (QED) is 0.368. The molecule has 3 nitrogen and oxygen atoms in total. The molecule has 3 rings (SSSR count). The molecule has 0 saturated heterocycles. The third-order valence-electron chi connectivity index (χ3n) is 3.12. The molecule has 18 heavy (non-hydrogen) atoms. The normalized spacial score (nSPS) is 16.0. The van der Waals surface area contributed by atoms with Crippen LogP contribution in [-0.2, 0) is 0 Å². The second kappa shape index (κ2) is 4.38. The number of benzene rings is 2. The van der Waals surface area contributed by atoms with E-state index in [1.165, 1.54) is 6.07 Å². The third kappa shape index (κ3) is 1.95. The Hall–Kier alpha value is -1.94. The summed E-state index contributed by atoms with van der Waals surface area (Å²) in [7, 11) is 0. The average molecular weight is 243 g/mol. The van der Waals surface area contributed by atoms with Gasteiger partial charge in [-0.25, -0.2) is 10.2 Å². The number of nitrogens with zero attached hydrogens (tertiary/aromatic N) is 1. The minimum atomic E-state index is -0.225. The van der Waals surface area contributed by atoms with E-state index >= 15 is 0 Å². The molecule has 1 aliphatic carbocycles. The number of hydrogen-bond donors (Lipinski definition) is 2. The largest absolute Gasteiger partial charge is 0.308 e. The Labute approximate surface area is 104 Å². The van der Waals surface area contributed by atoms with Crippen LogP contribution in [0.2, 0.25) is 0 Å². The fraction of sp³-hybridized carbons (Fsp3) is 0.214. The minimum Gasteiger partial charge on any atom is -0.308 e. The SMILES string of the molecule is NNC(=NC1CC1)c1ccc(F)c2ccccc12. The van der Waals surface area contributed by atoms with Crippen molar-refractivity contribution < 1.29 is 4.39 Å². The van der Waals surface area contributed by atoms with E-state index in [-0.39, 0.29) is 5.82 Å². The molecule has 1 aliphatic rings. The molecule has 1 saturated carbocycles. The first kappa shape index (κ1) is 11.2. The number of aliphatic imine (C=N–C) groups is 1. The summed E-state index contributed by atoms with van der Waals surface area (Å²) < 4.78 is 13.7. The monoisotopic (exact) mass is 243 g/mol. The Morgan fingerprint density at radius 2 is 1.89 bits per heavy atom. The van der Waals surface area contributed by atoms with Crippen molar-refractivity contribution >= 4 is 16.6 Å². The van der Waals surface area contributed by atoms with Crippen LogP contribution in [0.1, 0.15) is 18.4 Å². The summed E-state index contributed by atoms with van der Waals surface area (Å²) in [5.41, 5.74) is 3.48. The van der Waals surface area contributed by atoms with Crippen molar-refractivity contribution in [3.05, 3.63) is 47.8 Å². The summed E-state index contributed by atoms with van der Waals surface area (Å²) in [4.78, 5) is 4.51. The Morgan fingerprint density at radius 3 is 2.56 bits per heavy atom. The Balaban J connectivity index is 2.19. The van der Waals surface area contributed by atoms with Crippen LogP contribution in [0.5, 0.6) is 0 Å². The van der Waals surface area contributed by atoms with Crippen LogP contribution < -0.4 is 11.3 Å². The van der Waals surface area contributed by atoms with Gasteiger partial charge in [0.15, 0.2) is 0 Å². The smallest absolute Gasteiger partial charge is 0.143 e. The maximum absolute atomic E-state index is 13.7. The molecule has 0 atom stereocenters. The number of fused-ring (bicyclic) bond motifs is 1. The summed E-state index contributed by atoms with van der Waals surface area (Å²) in [6.07, 6.45) is 2.20. The van der Waals surface area contributed by atoms with Gasteiger partial charge in [-0.3, -0.25) is 4.99 Å². The predicted molar refractivity (Wildman–Crippen MR) is 70.8 cm³/mol. The first-order valence-corrected chi connectivity index (χ1v) is 6.01. The first-order valence-electron chi connectivity index (χ1n) is 6.01. The van der Waals surface area contributed by atoms with Crippen LogP contribution in [-0.4, -0.2) is 11.9 Å². The highest BCUT2D eigenvalue weighted by Gasteiger charge is 2.22. The molecule has 4 heteroatoms. The van der Waals surface area contributed by atoms with Gasteiger partial charge in [0.1, 0.15) is 11.7 Å². The minimum absolute atomic E-state index is 0.225. The van der Waals surface area contributed by atoms with E-state index in [0.717, 1.165) is 23.8 Å². The zero-order valence-corrected chi connectivity index (χ0v) is 9.86. The maximum atomic E-state index is 13.7. The van der Waals surface area contributed by atoms with Crippen molar-refractivity contribution in [2.24, 2.45) is 10.8 Å². The van der Waals surface area contributed by atoms with Crippen LogP contribution in [0, 0.1) is 5.82 Å². The number of nitrogens with one attached hydrogen (secondary N) is 1. The summed E-state index contributed by atoms with van der Waals surface area (Å²) in [5.74, 6) is 5.94. The number of hydrazine groups is 1. The van der Waals surface area contributed by atoms with E-state index in [0.29, 0.717) is 17.3 Å². The van der Waals surface area contributed by atoms with Crippen LogP contribution in [0.4, 0.5) is 4.39 Å². The van der Waals surface area contributed by atoms with E-state index in [4.69, 9.17) is 5.84 Å². The van der Waals surface area contributed by atoms with Crippen LogP contribution >= 0.6 is 0 Å². The lowest BCUT2D eigenvalue weighted by Crippen LogP contribution is -2.31. The zero-order chi connectivity index (χ0) is 12.5. The van der Waals surface area contributed by atoms with Gasteiger partial charge in [0.2, 0.25) is 0 Å². The van der Waals surface area contributed by atoms with Gasteiger partial charge in [-0.1, -0.05) is 24.3 Å². The number of rotatable bonds is 2. The lowest BCUT2D eigenvalue weighted by Gasteiger charge is -2.10. The zero-order valence-electron chi connectivity index (χ0n) is 9.86. The Morgan fingerprint density at radius 1 is 1.17 bits per heavy atom. The summed E-state index contributed by atoms with van der Waals surface area (Å²) >= 11 is 0. The molecule has 0 aromatic heterocycles. The highest BCUT2D eigenvalue weighted by Crippen LogP contribution is 2.26. The fourth-order valence-corrected chi connectivity index (χ4v) is 2.04. The van der Waals surface area contributed by atoms with E-state index in [1.54, 1.807) is 12.1 Å². The lowest BCUT2D eigenvalue weighted by molar-refractivity contribution is 0.640. The predicted octanol–water partition coefficient (Wildman–Crippen LogP) is 2.35. The van der Waals surface area contributed by atoms with Crippen molar-refractivity contribution in [2.45, 2.75) is 18.9 Å². The van der Waals surface area contributed by atoms with Gasteiger partial charge in [0.25, 0.3) is 0 Å². The standard InChI is InChI=1S/C14H14FN3/c15-13-8-7-12(10-3-1-2-4-11(10)13)14(18-16)17-9-5-6-9/h1-4,7-9H,5-6,16H2,(H,17,18). The van der Waals surface area contributed by atoms with Gasteiger partial charge in [-0.05, 0) is 30.4 Å². The Kier molecular flexibility index (Phi) is 2.72. The van der Waals surface area contributed by atoms with E-state index in [1.807, 2.05) is 18.2 Å². The van der Waals surface area contributed by atoms with Gasteiger partial charge in [-0.2, -0.15) is 0 Å². The average Bonchev–Trinajstić information content (AvgIpc) is 3.21. The van der Waals surface area contributed by atoms with Crippen LogP contribution in [0.3, 0.4) is 0 Å². The van der Waals surface area contributed by atoms with E-state index < -0.39 is 0 Å². The van der Waals surface area contributed by atoms with Gasteiger partial charge < -0.3 is 5.43 Å². The van der Waals surface area contributed by atoms with Crippen molar-refractivity contribution in [3.8, 4) is 0 Å². The molecular weight excluding hydrogens is 229 g/mol. The molecule has 0 spiro atoms. The molecule has 0 aliphatic heterocycles. The van der Waals surface area contributed by atoms with Crippen molar-refractivity contribution in [2.75, 3.05) is 0 Å². The summed E-state index contributed by atoms with van der Waals surface area (Å²) in [6.45, 7) is 0. The van der Waals surface area contributed by atoms with E-state index in [2.05, 4.69) is 10.4 Å². The molecule has 0 radical (unpaired) electrons. The molecule has 2 aromatic rings. The molecular formula is C14H14FN3. The van der Waals surface area contributed by atoms with Crippen molar-refractivity contribution in [3.63, 3.8) is 0 Å². The van der Waals surface area contributed by atoms with Crippen LogP contribution in [0.25, 0.3) is 10.8 Å². The first-order chi connectivity index (χ1) is 8.79. The molecule has 0 bridgehead atoms. The summed E-state index contributed by atoms with van der Waals surface area (Å²) in [5, 5.41) is 1.42. The maximum Gasteiger partial charge on any atom is 0.143 e. The van der Waals surface area contributed by atoms with Gasteiger partial charge >= 0.3 is 0 Å². The van der Waals surface area contributed by atoms with Gasteiger partial charge in [0.05, 0.1) is 6.04 Å². The molecule has 0 unspecified atom stereocenters. The number of halogens is 1. The molecule has 0 heterocycles. The second-order valence-electron chi connectivity index (χ2n) is 4.49. The summed E-state index contributed by atoms with van der Waals surface area (Å²) in [6, 6.07) is 10.9. The number of nitrogens with two attached hydrogens (primary N) is 1. The van der Waals surface area contributed by atoms with E-state index in [9.17, 15) is 4.39 Å². The molecule has 1 fully saturated rings. The van der Waals surface area contributed by atoms with Crippen LogP contribution in [0.15, 0.2) is 41.4 Å². The molecule has 92 valence electrons.